The van der Waals surface area contributed by atoms with Crippen molar-refractivity contribution in [2.24, 2.45) is 0 Å². The molecular weight excluding hydrogens is 466 g/mol. The van der Waals surface area contributed by atoms with E-state index in [-0.39, 0.29) is 11.8 Å². The van der Waals surface area contributed by atoms with Gasteiger partial charge in [-0.3, -0.25) is 19.6 Å². The highest BCUT2D eigenvalue weighted by Gasteiger charge is 2.30. The van der Waals surface area contributed by atoms with Crippen molar-refractivity contribution in [3.8, 4) is 0 Å². The van der Waals surface area contributed by atoms with Crippen molar-refractivity contribution in [2.45, 2.75) is 12.6 Å². The fourth-order valence-corrected chi connectivity index (χ4v) is 4.15. The molecule has 0 aromatic heterocycles. The Labute approximate surface area is 215 Å². The van der Waals surface area contributed by atoms with Crippen LogP contribution in [0.15, 0.2) is 103 Å². The van der Waals surface area contributed by atoms with Crippen LogP contribution in [0, 0.1) is 0 Å². The van der Waals surface area contributed by atoms with Crippen LogP contribution < -0.4 is 10.8 Å². The molecule has 4 aromatic rings. The number of fused-ring (bicyclic) bond motifs is 1. The lowest BCUT2D eigenvalue weighted by atomic mass is 9.99. The molecule has 7 heteroatoms. The summed E-state index contributed by atoms with van der Waals surface area (Å²) in [4.78, 5) is 39.9. The molecular formula is C30H27N3O4. The summed E-state index contributed by atoms with van der Waals surface area (Å²) in [6, 6.07) is 28.8. The number of hydrogen-bond acceptors (Lipinski definition) is 4. The van der Waals surface area contributed by atoms with Gasteiger partial charge in [-0.2, -0.15) is 0 Å². The minimum absolute atomic E-state index is 0.278. The maximum absolute atomic E-state index is 13.7. The Kier molecular flexibility index (Phi) is 8.08. The third kappa shape index (κ3) is 6.09. The molecule has 186 valence electrons. The average Bonchev–Trinajstić information content (AvgIpc) is 2.95. The van der Waals surface area contributed by atoms with Crippen molar-refractivity contribution in [3.63, 3.8) is 0 Å². The molecule has 0 spiro atoms. The summed E-state index contributed by atoms with van der Waals surface area (Å²) in [6.45, 7) is 0.323. The van der Waals surface area contributed by atoms with Gasteiger partial charge in [0, 0.05) is 25.2 Å². The van der Waals surface area contributed by atoms with Crippen molar-refractivity contribution in [1.29, 1.82) is 0 Å². The van der Waals surface area contributed by atoms with E-state index >= 15 is 0 Å². The van der Waals surface area contributed by atoms with Crippen LogP contribution >= 0.6 is 0 Å². The zero-order valence-corrected chi connectivity index (χ0v) is 20.3. The lowest BCUT2D eigenvalue weighted by Gasteiger charge is -2.28. The molecule has 1 atom stereocenters. The fraction of sp³-hybridized carbons (Fsp3) is 0.100. The Bertz CT molecular complexity index is 1430. The number of hydroxylamine groups is 1. The van der Waals surface area contributed by atoms with E-state index in [0.717, 1.165) is 16.3 Å². The Hall–Kier alpha value is -4.75. The molecule has 0 heterocycles. The molecule has 7 nitrogen and oxygen atoms in total. The first-order valence-corrected chi connectivity index (χ1v) is 11.8. The smallest absolute Gasteiger partial charge is 0.267 e. The molecule has 0 saturated heterocycles. The number of amides is 3. The van der Waals surface area contributed by atoms with Gasteiger partial charge in [-0.25, -0.2) is 5.48 Å². The van der Waals surface area contributed by atoms with E-state index in [1.807, 2.05) is 66.7 Å². The first-order chi connectivity index (χ1) is 18.0. The van der Waals surface area contributed by atoms with E-state index in [2.05, 4.69) is 5.32 Å². The van der Waals surface area contributed by atoms with Gasteiger partial charge in [0.2, 0.25) is 5.91 Å². The second kappa shape index (κ2) is 11.8. The summed E-state index contributed by atoms with van der Waals surface area (Å²) in [6.07, 6.45) is 2.72. The van der Waals surface area contributed by atoms with Crippen LogP contribution in [0.2, 0.25) is 0 Å². The zero-order chi connectivity index (χ0) is 26.2. The van der Waals surface area contributed by atoms with Crippen LogP contribution in [-0.4, -0.2) is 34.9 Å². The van der Waals surface area contributed by atoms with Crippen molar-refractivity contribution >= 4 is 34.6 Å². The number of nitrogens with one attached hydrogen (secondary N) is 2. The SMILES string of the molecule is CN(C(=O)c1cccc2ccccc12)C(C(=O)NCc1ccccc1)c1ccc(C=CC(=O)NO)cc1. The predicted molar refractivity (Wildman–Crippen MR) is 142 cm³/mol. The minimum Gasteiger partial charge on any atom is -0.350 e. The Balaban J connectivity index is 1.65. The van der Waals surface area contributed by atoms with Gasteiger partial charge < -0.3 is 10.2 Å². The van der Waals surface area contributed by atoms with Gasteiger partial charge in [0.15, 0.2) is 0 Å². The third-order valence-electron chi connectivity index (χ3n) is 6.08. The van der Waals surface area contributed by atoms with E-state index in [4.69, 9.17) is 5.21 Å². The minimum atomic E-state index is -0.894. The Morgan fingerprint density at radius 3 is 2.27 bits per heavy atom. The van der Waals surface area contributed by atoms with Crippen molar-refractivity contribution in [1.82, 2.24) is 15.7 Å². The monoisotopic (exact) mass is 493 g/mol. The van der Waals surface area contributed by atoms with E-state index in [1.165, 1.54) is 17.1 Å². The van der Waals surface area contributed by atoms with E-state index < -0.39 is 11.9 Å². The molecule has 4 rings (SSSR count). The molecule has 0 fully saturated rings. The van der Waals surface area contributed by atoms with E-state index in [9.17, 15) is 14.4 Å². The number of nitrogens with zero attached hydrogens (tertiary/aromatic N) is 1. The number of carbonyl (C=O) groups excluding carboxylic acids is 3. The van der Waals surface area contributed by atoms with E-state index in [0.29, 0.717) is 23.2 Å². The lowest BCUT2D eigenvalue weighted by Crippen LogP contribution is -2.41. The van der Waals surface area contributed by atoms with Gasteiger partial charge in [-0.1, -0.05) is 91.0 Å². The Morgan fingerprint density at radius 2 is 1.54 bits per heavy atom. The van der Waals surface area contributed by atoms with Gasteiger partial charge in [0.25, 0.3) is 11.8 Å². The largest absolute Gasteiger partial charge is 0.350 e. The van der Waals surface area contributed by atoms with E-state index in [1.54, 1.807) is 42.9 Å². The molecule has 0 bridgehead atoms. The molecule has 4 aromatic carbocycles. The van der Waals surface area contributed by atoms with Gasteiger partial charge >= 0.3 is 0 Å². The quantitative estimate of drug-likeness (QED) is 0.191. The fourth-order valence-electron chi connectivity index (χ4n) is 4.15. The summed E-state index contributed by atoms with van der Waals surface area (Å²) in [5.74, 6) is -1.24. The van der Waals surface area contributed by atoms with Crippen molar-refractivity contribution < 1.29 is 19.6 Å². The summed E-state index contributed by atoms with van der Waals surface area (Å²) >= 11 is 0. The van der Waals surface area contributed by atoms with Crippen LogP contribution in [0.5, 0.6) is 0 Å². The molecule has 3 amide bonds. The first-order valence-electron chi connectivity index (χ1n) is 11.8. The first kappa shape index (κ1) is 25.3. The van der Waals surface area contributed by atoms with Crippen LogP contribution in [0.1, 0.15) is 33.1 Å². The molecule has 0 saturated carbocycles. The van der Waals surface area contributed by atoms with Gasteiger partial charge in [-0.15, -0.1) is 0 Å². The van der Waals surface area contributed by atoms with Crippen LogP contribution in [0.3, 0.4) is 0 Å². The highest BCUT2D eigenvalue weighted by atomic mass is 16.5. The molecule has 37 heavy (non-hydrogen) atoms. The van der Waals surface area contributed by atoms with Crippen molar-refractivity contribution in [2.75, 3.05) is 7.05 Å². The molecule has 0 aliphatic heterocycles. The van der Waals surface area contributed by atoms with Crippen molar-refractivity contribution in [3.05, 3.63) is 125 Å². The van der Waals surface area contributed by atoms with Gasteiger partial charge in [0.05, 0.1) is 0 Å². The molecule has 0 aliphatic rings. The number of benzene rings is 4. The summed E-state index contributed by atoms with van der Waals surface area (Å²) in [5.41, 5.74) is 4.30. The lowest BCUT2D eigenvalue weighted by molar-refractivity contribution is -0.126. The summed E-state index contributed by atoms with van der Waals surface area (Å²) < 4.78 is 0. The van der Waals surface area contributed by atoms with Gasteiger partial charge in [-0.05, 0) is 39.6 Å². The number of hydrogen-bond donors (Lipinski definition) is 3. The summed E-state index contributed by atoms with van der Waals surface area (Å²) in [5, 5.41) is 13.4. The molecule has 0 aliphatic carbocycles. The van der Waals surface area contributed by atoms with Gasteiger partial charge in [0.1, 0.15) is 6.04 Å². The standard InChI is InChI=1S/C30H27N3O4/c1-33(30(36)26-13-7-11-23-10-5-6-12-25(23)26)28(29(35)31-20-22-8-3-2-4-9-22)24-17-14-21(15-18-24)16-19-27(34)32-37/h2-19,28,37H,20H2,1H3,(H,31,35)(H,32,34). The predicted octanol–water partition coefficient (Wildman–Crippen LogP) is 4.49. The average molecular weight is 494 g/mol. The normalized spacial score (nSPS) is 11.7. The highest BCUT2D eigenvalue weighted by molar-refractivity contribution is 6.08. The topological polar surface area (TPSA) is 98.7 Å². The highest BCUT2D eigenvalue weighted by Crippen LogP contribution is 2.26. The van der Waals surface area contributed by atoms with Crippen LogP contribution in [0.25, 0.3) is 16.8 Å². The number of likely N-dealkylation sites (N-methyl/N-ethyl adjacent to an activating group) is 1. The third-order valence-corrected chi connectivity index (χ3v) is 6.08. The number of carbonyl (C=O) groups is 3. The maximum Gasteiger partial charge on any atom is 0.267 e. The molecule has 0 radical (unpaired) electrons. The molecule has 3 N–H and O–H groups in total. The maximum atomic E-state index is 13.7. The summed E-state index contributed by atoms with van der Waals surface area (Å²) in [7, 11) is 1.62. The molecule has 1 unspecified atom stereocenters. The van der Waals surface area contributed by atoms with Crippen LogP contribution in [-0.2, 0) is 16.1 Å². The van der Waals surface area contributed by atoms with Crippen LogP contribution in [0.4, 0.5) is 0 Å². The zero-order valence-electron chi connectivity index (χ0n) is 20.3. The second-order valence-corrected chi connectivity index (χ2v) is 8.52. The Morgan fingerprint density at radius 1 is 0.865 bits per heavy atom. The second-order valence-electron chi connectivity index (χ2n) is 8.52. The number of rotatable bonds is 8.